The fourth-order valence-electron chi connectivity index (χ4n) is 16.5. The van der Waals surface area contributed by atoms with Crippen molar-refractivity contribution in [1.29, 1.82) is 0 Å². The maximum Gasteiger partial charge on any atom is 0.179 e. The third kappa shape index (κ3) is 23.4. The zero-order valence-electron chi connectivity index (χ0n) is 72.1. The Morgan fingerprint density at radius 3 is 0.737 bits per heavy atom. The van der Waals surface area contributed by atoms with Crippen LogP contribution in [0.25, 0.3) is 44.7 Å². The van der Waals surface area contributed by atoms with Crippen LogP contribution in [-0.4, -0.2) is 283 Å². The number of aliphatic hydroxyl groups excluding tert-OH is 12. The number of carbonyl (C=O) groups excluding carboxylic acids is 4. The Labute approximate surface area is 809 Å². The number of ketones is 4. The highest BCUT2D eigenvalue weighted by Gasteiger charge is 2.60. The van der Waals surface area contributed by atoms with Crippen LogP contribution in [0.4, 0.5) is 23.3 Å². The summed E-state index contributed by atoms with van der Waals surface area (Å²) in [6, 6.07) is 14.2. The van der Waals surface area contributed by atoms with Crippen molar-refractivity contribution in [3.63, 3.8) is 0 Å². The Morgan fingerprint density at radius 2 is 0.569 bits per heavy atom. The summed E-state index contributed by atoms with van der Waals surface area (Å²) in [4.78, 5) is 135. The number of nitrogens with two attached hydrogens (primary N) is 4. The summed E-state index contributed by atoms with van der Waals surface area (Å²) in [6.07, 6.45) is 13.9. The molecule has 736 valence electrons. The number of aromatic nitrogens is 20. The number of aryl methyl sites for hydroxylation is 4. The van der Waals surface area contributed by atoms with Crippen LogP contribution in [-0.2, 0) is 81.5 Å². The summed E-state index contributed by atoms with van der Waals surface area (Å²) in [7, 11) is -11.4. The number of anilines is 4. The zero-order valence-corrected chi connectivity index (χ0v) is 80.2. The highest BCUT2D eigenvalue weighted by molar-refractivity contribution is 9.10. The Hall–Kier alpha value is -9.78. The average molecular weight is 2210 g/mol. The summed E-state index contributed by atoms with van der Waals surface area (Å²) >= 11 is 12.7. The number of hydrogen-bond donors (Lipinski definition) is 16. The predicted molar refractivity (Wildman–Crippen MR) is 479 cm³/mol. The first-order chi connectivity index (χ1) is 65.3. The van der Waals surface area contributed by atoms with Gasteiger partial charge in [-0.05, 0) is 24.3 Å². The minimum Gasteiger partial charge on any atom is -0.790 e. The van der Waals surface area contributed by atoms with Crippen molar-refractivity contribution in [2.45, 2.75) is 174 Å². The van der Waals surface area contributed by atoms with Gasteiger partial charge in [0.15, 0.2) is 141 Å². The van der Waals surface area contributed by atoms with Gasteiger partial charge in [-0.3, -0.25) is 37.4 Å². The molecule has 137 heavy (non-hydrogen) atoms. The van der Waals surface area contributed by atoms with Gasteiger partial charge in [0.1, 0.15) is 147 Å². The van der Waals surface area contributed by atoms with Gasteiger partial charge in [0.2, 0.25) is 0 Å². The molecule has 0 spiro atoms. The third-order valence-electron chi connectivity index (χ3n) is 23.1. The van der Waals surface area contributed by atoms with Crippen LogP contribution >= 0.6 is 79.4 Å². The summed E-state index contributed by atoms with van der Waals surface area (Å²) in [6.45, 7) is 0.222. The molecule has 20 N–H and O–H groups in total. The third-order valence-corrected chi connectivity index (χ3v) is 26.7. The monoisotopic (exact) mass is 2200 g/mol. The average Bonchev–Trinajstić information content (AvgIpc) is 1.59. The Balaban J connectivity index is 0.000000159. The Bertz CT molecular complexity index is 5620. The van der Waals surface area contributed by atoms with Gasteiger partial charge < -0.3 is 136 Å². The van der Waals surface area contributed by atoms with Crippen LogP contribution in [0, 0.1) is 0 Å². The Kier molecular flexibility index (Phi) is 35.7. The molecule has 4 aliphatic heterocycles. The number of Topliss-reactive ketones (excluding diaryl/α,β-unsaturated/α-hetero) is 4. The standard InChI is InChI=1S/4C20H24BrN6O5.H4O7P2/c4*21-7-13(29)12-3-1-5-26(8-12)6-2-4-20(17(31)16(30)14(9-28)32-20)27-11-25-15-18(22)23-10-24-19(15)27;1-8(2,3)7-9(4,5)6/h4*1,3,5,8,10-11,14,16-17,28,30-31H,2,4,6-7,9H2,(H2,22,23,24);(H2,1,2,3)(H2,4,5,6)/q4*+1;/p-4/t4*14-,16-,17-,20-;/m1111./s1. The topological polar surface area (TPSA) is 778 Å². The largest absolute Gasteiger partial charge is 0.790 e. The van der Waals surface area contributed by atoms with E-state index >= 15 is 0 Å². The zero-order chi connectivity index (χ0) is 99.2. The van der Waals surface area contributed by atoms with E-state index in [0.717, 1.165) is 0 Å². The van der Waals surface area contributed by atoms with Crippen molar-refractivity contribution >= 4 is 170 Å². The number of halogens is 4. The fraction of sp³-hybridized carbons (Fsp3) is 0.450. The first kappa shape index (κ1) is 106. The van der Waals surface area contributed by atoms with Crippen LogP contribution in [0.2, 0.25) is 0 Å². The van der Waals surface area contributed by atoms with Crippen molar-refractivity contribution < 1.29 is 151 Å². The van der Waals surface area contributed by atoms with E-state index in [1.54, 1.807) is 91.6 Å². The van der Waals surface area contributed by atoms with E-state index in [2.05, 4.69) is 128 Å². The second kappa shape index (κ2) is 46.1. The van der Waals surface area contributed by atoms with Crippen molar-refractivity contribution in [2.75, 3.05) is 70.7 Å². The van der Waals surface area contributed by atoms with E-state index in [1.165, 1.54) is 50.6 Å². The number of imidazole rings is 4. The van der Waals surface area contributed by atoms with E-state index in [4.69, 9.17) is 41.9 Å². The van der Waals surface area contributed by atoms with E-state index in [1.807, 2.05) is 43.1 Å². The molecule has 0 aliphatic carbocycles. The van der Waals surface area contributed by atoms with Gasteiger partial charge in [0.25, 0.3) is 0 Å². The molecule has 12 aromatic heterocycles. The number of hydrogen-bond acceptors (Lipinski definition) is 43. The van der Waals surface area contributed by atoms with Crippen LogP contribution in [0.5, 0.6) is 0 Å². The van der Waals surface area contributed by atoms with Crippen molar-refractivity contribution in [1.82, 2.24) is 78.1 Å². The fourth-order valence-corrected chi connectivity index (χ4v) is 18.8. The highest BCUT2D eigenvalue weighted by atomic mass is 79.9. The molecule has 16 rings (SSSR count). The van der Waals surface area contributed by atoms with Crippen LogP contribution in [0.1, 0.15) is 92.8 Å². The molecular weight excluding hydrogens is 2110 g/mol. The number of pyridine rings is 4. The molecular formula is C80H96Br4N24O27P2. The molecule has 4 fully saturated rings. The van der Waals surface area contributed by atoms with Crippen LogP contribution < -0.4 is 60.8 Å². The molecule has 4 saturated heterocycles. The second-order valence-electron chi connectivity index (χ2n) is 31.6. The van der Waals surface area contributed by atoms with Gasteiger partial charge in [-0.15, -0.1) is 0 Å². The summed E-state index contributed by atoms with van der Waals surface area (Å²) in [5.74, 6) is 0.614. The normalized spacial score (nSPS) is 24.7. The number of rotatable bonds is 34. The number of phosphoric acid groups is 2. The van der Waals surface area contributed by atoms with Gasteiger partial charge in [-0.1, -0.05) is 63.7 Å². The lowest BCUT2D eigenvalue weighted by molar-refractivity contribution is -0.698. The van der Waals surface area contributed by atoms with Crippen molar-refractivity contribution in [3.8, 4) is 0 Å². The first-order valence-electron chi connectivity index (χ1n) is 41.8. The van der Waals surface area contributed by atoms with E-state index in [0.29, 0.717) is 119 Å². The highest BCUT2D eigenvalue weighted by Crippen LogP contribution is 2.47. The summed E-state index contributed by atoms with van der Waals surface area (Å²) in [5.41, 5.74) is 23.0. The smallest absolute Gasteiger partial charge is 0.179 e. The minimum absolute atomic E-state index is 0.0264. The van der Waals surface area contributed by atoms with E-state index in [9.17, 15) is 109 Å². The lowest BCUT2D eigenvalue weighted by atomic mass is 9.97. The number of alkyl halides is 4. The van der Waals surface area contributed by atoms with E-state index in [-0.39, 0.29) is 93.4 Å². The molecule has 4 aliphatic rings. The number of nitrogens with zero attached hydrogens (tertiary/aromatic N) is 20. The van der Waals surface area contributed by atoms with Crippen molar-refractivity contribution in [2.24, 2.45) is 0 Å². The maximum atomic E-state index is 12.0. The molecule has 0 unspecified atom stereocenters. The van der Waals surface area contributed by atoms with Crippen LogP contribution in [0.15, 0.2) is 149 Å². The summed E-state index contributed by atoms with van der Waals surface area (Å²) in [5, 5.41) is 125. The molecule has 51 nitrogen and oxygen atoms in total. The SMILES string of the molecule is Nc1ncnc2c1ncn2[C@]1(CCC[n+]2cccc(C(=O)CBr)c2)O[C@H](CO)[C@@H](O)[C@H]1O.Nc1ncnc2c1ncn2[C@]1(CCC[n+]2cccc(C(=O)CBr)c2)O[C@H](CO)[C@@H](O)[C@H]1O.Nc1ncnc2c1ncn2[C@]1(CCC[n+]2cccc(C(=O)CBr)c2)O[C@H](CO)[C@@H](O)[C@H]1O.Nc1ncnc2c1ncn2[C@]1(CCC[n+]2cccc(C(=O)CBr)c2)O[C@H](CO)[C@@H](O)[C@H]1O.O=P([O-])([O-])OP(=O)([O-])[O-]. The molecule has 0 aromatic carbocycles. The van der Waals surface area contributed by atoms with Gasteiger partial charge >= 0.3 is 0 Å². The number of carbonyl (C=O) groups is 4. The number of nitrogen functional groups attached to an aromatic ring is 4. The quantitative estimate of drug-likeness (QED) is 0.00775. The minimum atomic E-state index is -5.68. The van der Waals surface area contributed by atoms with Gasteiger partial charge in [-0.2, -0.15) is 0 Å². The number of ether oxygens (including phenoxy) is 4. The Morgan fingerprint density at radius 1 is 0.365 bits per heavy atom. The molecule has 57 heteroatoms. The first-order valence-corrected chi connectivity index (χ1v) is 49.2. The molecule has 0 amide bonds. The molecule has 0 radical (unpaired) electrons. The molecule has 16 atom stereocenters. The van der Waals surface area contributed by atoms with E-state index < -0.39 is 138 Å². The molecule has 12 aromatic rings. The molecule has 16 heterocycles. The summed E-state index contributed by atoms with van der Waals surface area (Å²) < 4.78 is 59.0. The predicted octanol–water partition coefficient (Wildman–Crippen LogP) is -5.26. The van der Waals surface area contributed by atoms with Gasteiger partial charge in [0.05, 0.1) is 111 Å². The van der Waals surface area contributed by atoms with Gasteiger partial charge in [0, 0.05) is 75.6 Å². The molecule has 0 saturated carbocycles. The van der Waals surface area contributed by atoms with Gasteiger partial charge in [-0.25, -0.2) is 78.1 Å². The maximum absolute atomic E-state index is 12.0. The lowest BCUT2D eigenvalue weighted by Gasteiger charge is -2.39. The van der Waals surface area contributed by atoms with Crippen LogP contribution in [0.3, 0.4) is 0 Å². The number of aliphatic hydroxyl groups is 12. The van der Waals surface area contributed by atoms with Crippen molar-refractivity contribution in [3.05, 3.63) is 171 Å². The lowest BCUT2D eigenvalue weighted by Crippen LogP contribution is -2.46. The second-order valence-corrected chi connectivity index (χ2v) is 36.3. The number of fused-ring (bicyclic) bond motifs is 4. The molecule has 0 bridgehead atoms.